The summed E-state index contributed by atoms with van der Waals surface area (Å²) in [6.45, 7) is 2.74. The molecule has 0 atom stereocenters. The molecule has 0 aliphatic rings. The Morgan fingerprint density at radius 1 is 1.07 bits per heavy atom. The first-order valence-corrected chi connectivity index (χ1v) is 10.9. The quantitative estimate of drug-likeness (QED) is 0.225. The first kappa shape index (κ1) is 23.8. The van der Waals surface area contributed by atoms with E-state index in [9.17, 15) is 10.1 Å². The van der Waals surface area contributed by atoms with Crippen LogP contribution in [0.5, 0.6) is 5.75 Å². The van der Waals surface area contributed by atoms with Crippen LogP contribution < -0.4 is 10.1 Å². The zero-order valence-corrected chi connectivity index (χ0v) is 18.6. The van der Waals surface area contributed by atoms with Gasteiger partial charge >= 0.3 is 0 Å². The molecule has 0 bridgehead atoms. The summed E-state index contributed by atoms with van der Waals surface area (Å²) in [5.41, 5.74) is 1.11. The van der Waals surface area contributed by atoms with Gasteiger partial charge < -0.3 is 10.1 Å². The number of unbranched alkanes of at least 4 members (excludes halogenated alkanes) is 5. The van der Waals surface area contributed by atoms with Crippen LogP contribution in [-0.4, -0.2) is 12.5 Å². The van der Waals surface area contributed by atoms with Crippen LogP contribution in [0.25, 0.3) is 6.08 Å². The third-order valence-corrected chi connectivity index (χ3v) is 5.03. The van der Waals surface area contributed by atoms with E-state index in [1.54, 1.807) is 36.4 Å². The molecule has 1 amide bonds. The molecule has 0 saturated carbocycles. The van der Waals surface area contributed by atoms with Gasteiger partial charge in [0, 0.05) is 5.69 Å². The van der Waals surface area contributed by atoms with Crippen LogP contribution in [0.2, 0.25) is 10.0 Å². The zero-order chi connectivity index (χ0) is 21.8. The van der Waals surface area contributed by atoms with Gasteiger partial charge in [0.1, 0.15) is 11.6 Å². The standard InChI is InChI=1S/C24H26Cl2N2O2/c1-2-3-4-5-6-10-13-30-23-21(25)15-18(16-22(23)26)14-19(17-27)24(29)28-20-11-8-7-9-12-20/h7-9,11-12,14-16H,2-6,10,13H2,1H3,(H,28,29)/b19-14+. The molecule has 30 heavy (non-hydrogen) atoms. The molecule has 0 aliphatic carbocycles. The van der Waals surface area contributed by atoms with E-state index in [1.807, 2.05) is 12.1 Å². The minimum absolute atomic E-state index is 0.0493. The lowest BCUT2D eigenvalue weighted by atomic mass is 10.1. The average molecular weight is 445 g/mol. The topological polar surface area (TPSA) is 62.1 Å². The summed E-state index contributed by atoms with van der Waals surface area (Å²) in [7, 11) is 0. The molecule has 2 aromatic carbocycles. The van der Waals surface area contributed by atoms with Crippen LogP contribution in [0.3, 0.4) is 0 Å². The lowest BCUT2D eigenvalue weighted by Gasteiger charge is -2.11. The fourth-order valence-electron chi connectivity index (χ4n) is 2.89. The number of rotatable bonds is 11. The lowest BCUT2D eigenvalue weighted by molar-refractivity contribution is -0.112. The Labute approximate surface area is 188 Å². The molecule has 0 fully saturated rings. The van der Waals surface area contributed by atoms with E-state index in [2.05, 4.69) is 12.2 Å². The predicted octanol–water partition coefficient (Wildman–Crippen LogP) is 7.28. The Morgan fingerprint density at radius 2 is 1.70 bits per heavy atom. The van der Waals surface area contributed by atoms with Crippen molar-refractivity contribution in [3.8, 4) is 11.8 Å². The minimum atomic E-state index is -0.501. The van der Waals surface area contributed by atoms with Crippen LogP contribution in [0.15, 0.2) is 48.0 Å². The molecule has 1 N–H and O–H groups in total. The third kappa shape index (κ3) is 7.74. The number of nitrogens with one attached hydrogen (secondary N) is 1. The second-order valence-corrected chi connectivity index (χ2v) is 7.73. The number of amides is 1. The zero-order valence-electron chi connectivity index (χ0n) is 17.1. The van der Waals surface area contributed by atoms with E-state index in [4.69, 9.17) is 27.9 Å². The molecule has 6 heteroatoms. The van der Waals surface area contributed by atoms with Gasteiger partial charge in [0.25, 0.3) is 5.91 Å². The molecule has 0 aromatic heterocycles. The van der Waals surface area contributed by atoms with Gasteiger partial charge in [0.2, 0.25) is 0 Å². The van der Waals surface area contributed by atoms with E-state index in [-0.39, 0.29) is 5.57 Å². The summed E-state index contributed by atoms with van der Waals surface area (Å²) in [5.74, 6) is -0.0735. The Balaban J connectivity index is 2.00. The number of nitrogens with zero attached hydrogens (tertiary/aromatic N) is 1. The maximum absolute atomic E-state index is 12.4. The Kier molecular flexibility index (Phi) is 10.3. The number of carbonyl (C=O) groups excluding carboxylic acids is 1. The number of benzene rings is 2. The summed E-state index contributed by atoms with van der Waals surface area (Å²) < 4.78 is 5.76. The molecule has 0 radical (unpaired) electrons. The Bertz CT molecular complexity index is 882. The van der Waals surface area contributed by atoms with Crippen LogP contribution in [0, 0.1) is 11.3 Å². The summed E-state index contributed by atoms with van der Waals surface area (Å²) in [4.78, 5) is 12.4. The Morgan fingerprint density at radius 3 is 2.33 bits per heavy atom. The van der Waals surface area contributed by atoms with Gasteiger partial charge in [-0.05, 0) is 42.3 Å². The van der Waals surface area contributed by atoms with E-state index in [1.165, 1.54) is 31.8 Å². The normalized spacial score (nSPS) is 11.1. The van der Waals surface area contributed by atoms with Gasteiger partial charge in [-0.15, -0.1) is 0 Å². The van der Waals surface area contributed by atoms with Crippen LogP contribution in [-0.2, 0) is 4.79 Å². The van der Waals surface area contributed by atoms with E-state index in [0.717, 1.165) is 12.8 Å². The van der Waals surface area contributed by atoms with Crippen molar-refractivity contribution >= 4 is 40.9 Å². The monoisotopic (exact) mass is 444 g/mol. The van der Waals surface area contributed by atoms with Crippen molar-refractivity contribution in [3.05, 3.63) is 63.6 Å². The molecular weight excluding hydrogens is 419 g/mol. The number of nitriles is 1. The highest BCUT2D eigenvalue weighted by Crippen LogP contribution is 2.35. The highest BCUT2D eigenvalue weighted by Gasteiger charge is 2.13. The van der Waals surface area contributed by atoms with Crippen molar-refractivity contribution < 1.29 is 9.53 Å². The number of hydrogen-bond donors (Lipinski definition) is 1. The fourth-order valence-corrected chi connectivity index (χ4v) is 3.51. The molecule has 0 saturated heterocycles. The van der Waals surface area contributed by atoms with Crippen molar-refractivity contribution in [2.75, 3.05) is 11.9 Å². The Hall–Kier alpha value is -2.48. The van der Waals surface area contributed by atoms with Crippen molar-refractivity contribution in [2.24, 2.45) is 0 Å². The van der Waals surface area contributed by atoms with Crippen LogP contribution >= 0.6 is 23.2 Å². The van der Waals surface area contributed by atoms with Gasteiger partial charge in [-0.2, -0.15) is 5.26 Å². The summed E-state index contributed by atoms with van der Waals surface area (Å²) in [5, 5.41) is 12.8. The second kappa shape index (κ2) is 13.0. The molecule has 0 unspecified atom stereocenters. The fraction of sp³-hybridized carbons (Fsp3) is 0.333. The first-order valence-electron chi connectivity index (χ1n) is 10.1. The minimum Gasteiger partial charge on any atom is -0.490 e. The summed E-state index contributed by atoms with van der Waals surface area (Å²) in [6.07, 6.45) is 8.44. The average Bonchev–Trinajstić information content (AvgIpc) is 2.73. The molecule has 0 spiro atoms. The maximum Gasteiger partial charge on any atom is 0.266 e. The number of carbonyl (C=O) groups is 1. The number of halogens is 2. The van der Waals surface area contributed by atoms with Gasteiger partial charge in [-0.3, -0.25) is 4.79 Å². The molecule has 2 rings (SSSR count). The van der Waals surface area contributed by atoms with Crippen molar-refractivity contribution in [3.63, 3.8) is 0 Å². The smallest absolute Gasteiger partial charge is 0.266 e. The van der Waals surface area contributed by atoms with Gasteiger partial charge in [0.15, 0.2) is 5.75 Å². The maximum atomic E-state index is 12.4. The highest BCUT2D eigenvalue weighted by atomic mass is 35.5. The van der Waals surface area contributed by atoms with Gasteiger partial charge in [-0.25, -0.2) is 0 Å². The van der Waals surface area contributed by atoms with Crippen molar-refractivity contribution in [1.29, 1.82) is 5.26 Å². The van der Waals surface area contributed by atoms with Gasteiger partial charge in [0.05, 0.1) is 16.7 Å². The second-order valence-electron chi connectivity index (χ2n) is 6.92. The number of ether oxygens (including phenoxy) is 1. The SMILES string of the molecule is CCCCCCCCOc1c(Cl)cc(/C=C(\C#N)C(=O)Nc2ccccc2)cc1Cl. The van der Waals surface area contributed by atoms with Crippen molar-refractivity contribution in [1.82, 2.24) is 0 Å². The van der Waals surface area contributed by atoms with Gasteiger partial charge in [-0.1, -0.05) is 80.4 Å². The molecule has 4 nitrogen and oxygen atoms in total. The first-order chi connectivity index (χ1) is 14.5. The van der Waals surface area contributed by atoms with E-state index >= 15 is 0 Å². The molecular formula is C24H26Cl2N2O2. The lowest BCUT2D eigenvalue weighted by Crippen LogP contribution is -2.13. The van der Waals surface area contributed by atoms with Crippen LogP contribution in [0.1, 0.15) is 51.0 Å². The number of para-hydroxylation sites is 1. The van der Waals surface area contributed by atoms with Crippen molar-refractivity contribution in [2.45, 2.75) is 45.4 Å². The summed E-state index contributed by atoms with van der Waals surface area (Å²) >= 11 is 12.7. The molecule has 158 valence electrons. The predicted molar refractivity (Wildman–Crippen MR) is 124 cm³/mol. The largest absolute Gasteiger partial charge is 0.490 e. The number of anilines is 1. The molecule has 0 heterocycles. The van der Waals surface area contributed by atoms with E-state index < -0.39 is 5.91 Å². The molecule has 2 aromatic rings. The summed E-state index contributed by atoms with van der Waals surface area (Å²) in [6, 6.07) is 14.1. The van der Waals surface area contributed by atoms with Crippen LogP contribution in [0.4, 0.5) is 5.69 Å². The van der Waals surface area contributed by atoms with E-state index in [0.29, 0.717) is 33.7 Å². The number of hydrogen-bond acceptors (Lipinski definition) is 3. The molecule has 0 aliphatic heterocycles. The third-order valence-electron chi connectivity index (χ3n) is 4.47. The highest BCUT2D eigenvalue weighted by molar-refractivity contribution is 6.37.